The fraction of sp³-hybridized carbons (Fsp3) is 0.750. The molecule has 0 heterocycles. The number of carbonyl (C=O) groups excluding carboxylic acids is 1. The molecule has 0 spiro atoms. The Morgan fingerprint density at radius 2 is 2.29 bits per heavy atom. The van der Waals surface area contributed by atoms with Crippen LogP contribution >= 0.6 is 0 Å². The highest BCUT2D eigenvalue weighted by molar-refractivity contribution is 5.76. The van der Waals surface area contributed by atoms with Crippen molar-refractivity contribution in [2.75, 3.05) is 6.54 Å². The van der Waals surface area contributed by atoms with Crippen LogP contribution < -0.4 is 5.32 Å². The van der Waals surface area contributed by atoms with Gasteiger partial charge in [-0.25, -0.2) is 0 Å². The second-order valence-corrected chi connectivity index (χ2v) is 4.73. The van der Waals surface area contributed by atoms with E-state index in [9.17, 15) is 4.79 Å². The van der Waals surface area contributed by atoms with E-state index in [0.29, 0.717) is 12.5 Å². The molecule has 2 nitrogen and oxygen atoms in total. The minimum Gasteiger partial charge on any atom is -0.353 e. The Bertz CT molecular complexity index is 236. The Morgan fingerprint density at radius 1 is 1.43 bits per heavy atom. The second-order valence-electron chi connectivity index (χ2n) is 4.73. The lowest BCUT2D eigenvalue weighted by Crippen LogP contribution is -2.27. The summed E-state index contributed by atoms with van der Waals surface area (Å²) in [6, 6.07) is 0. The maximum absolute atomic E-state index is 11.5. The lowest BCUT2D eigenvalue weighted by Gasteiger charge is -2.20. The third kappa shape index (κ3) is 1.99. The predicted molar refractivity (Wildman–Crippen MR) is 56.8 cm³/mol. The maximum Gasteiger partial charge on any atom is 0.220 e. The van der Waals surface area contributed by atoms with E-state index in [2.05, 4.69) is 11.9 Å². The molecule has 2 fully saturated rings. The first-order valence-electron chi connectivity index (χ1n) is 5.67. The summed E-state index contributed by atoms with van der Waals surface area (Å²) in [6.45, 7) is 4.20. The number of nitrogens with one attached hydrogen (secondary N) is 1. The van der Waals surface area contributed by atoms with Gasteiger partial charge < -0.3 is 5.32 Å². The first-order chi connectivity index (χ1) is 6.79. The standard InChI is InChI=1S/C12H19NO/c1-2-5-13-12(14)8-11-7-9-3-4-10(11)6-9/h2,9-11H,1,3-8H2,(H,13,14). The van der Waals surface area contributed by atoms with Gasteiger partial charge in [0.25, 0.3) is 0 Å². The molecule has 14 heavy (non-hydrogen) atoms. The monoisotopic (exact) mass is 193 g/mol. The van der Waals surface area contributed by atoms with Crippen LogP contribution in [-0.4, -0.2) is 12.5 Å². The van der Waals surface area contributed by atoms with Crippen LogP contribution in [0.4, 0.5) is 0 Å². The Labute approximate surface area is 85.8 Å². The molecule has 3 atom stereocenters. The van der Waals surface area contributed by atoms with Crippen molar-refractivity contribution < 1.29 is 4.79 Å². The molecule has 1 N–H and O–H groups in total. The largest absolute Gasteiger partial charge is 0.353 e. The zero-order chi connectivity index (χ0) is 9.97. The topological polar surface area (TPSA) is 29.1 Å². The van der Waals surface area contributed by atoms with E-state index in [0.717, 1.165) is 18.3 Å². The van der Waals surface area contributed by atoms with Gasteiger partial charge in [-0.05, 0) is 37.0 Å². The molecule has 2 bridgehead atoms. The van der Waals surface area contributed by atoms with Gasteiger partial charge in [0.2, 0.25) is 5.91 Å². The number of hydrogen-bond acceptors (Lipinski definition) is 1. The van der Waals surface area contributed by atoms with Gasteiger partial charge in [-0.1, -0.05) is 12.5 Å². The molecule has 0 saturated heterocycles. The van der Waals surface area contributed by atoms with Crippen LogP contribution in [0.2, 0.25) is 0 Å². The Hall–Kier alpha value is -0.790. The molecule has 2 heteroatoms. The van der Waals surface area contributed by atoms with Gasteiger partial charge in [0.15, 0.2) is 0 Å². The second kappa shape index (κ2) is 4.16. The van der Waals surface area contributed by atoms with Gasteiger partial charge in [-0.2, -0.15) is 0 Å². The van der Waals surface area contributed by atoms with Crippen LogP contribution in [-0.2, 0) is 4.79 Å². The van der Waals surface area contributed by atoms with Gasteiger partial charge in [0.05, 0.1) is 0 Å². The van der Waals surface area contributed by atoms with E-state index < -0.39 is 0 Å². The van der Waals surface area contributed by atoms with E-state index in [-0.39, 0.29) is 5.91 Å². The smallest absolute Gasteiger partial charge is 0.220 e. The summed E-state index contributed by atoms with van der Waals surface area (Å²) in [6.07, 6.45) is 7.94. The van der Waals surface area contributed by atoms with Crippen molar-refractivity contribution in [2.24, 2.45) is 17.8 Å². The zero-order valence-corrected chi connectivity index (χ0v) is 8.67. The highest BCUT2D eigenvalue weighted by atomic mass is 16.1. The Morgan fingerprint density at radius 3 is 2.86 bits per heavy atom. The average molecular weight is 193 g/mol. The van der Waals surface area contributed by atoms with Crippen LogP contribution in [0.3, 0.4) is 0 Å². The van der Waals surface area contributed by atoms with Gasteiger partial charge in [0, 0.05) is 13.0 Å². The molecular formula is C12H19NO. The van der Waals surface area contributed by atoms with E-state index in [1.54, 1.807) is 6.08 Å². The van der Waals surface area contributed by atoms with Gasteiger partial charge in [-0.15, -0.1) is 6.58 Å². The molecule has 0 aromatic rings. The number of amides is 1. The molecule has 2 aliphatic rings. The average Bonchev–Trinajstić information content (AvgIpc) is 2.76. The Kier molecular flexibility index (Phi) is 2.90. The van der Waals surface area contributed by atoms with Crippen molar-refractivity contribution in [3.63, 3.8) is 0 Å². The first-order valence-corrected chi connectivity index (χ1v) is 5.67. The fourth-order valence-corrected chi connectivity index (χ4v) is 3.12. The SMILES string of the molecule is C=CCNC(=O)CC1CC2CCC1C2. The van der Waals surface area contributed by atoms with Crippen molar-refractivity contribution in [3.8, 4) is 0 Å². The van der Waals surface area contributed by atoms with Gasteiger partial charge in [0.1, 0.15) is 0 Å². The normalized spacial score (nSPS) is 34.4. The summed E-state index contributed by atoms with van der Waals surface area (Å²) in [5.41, 5.74) is 0. The third-order valence-electron chi connectivity index (χ3n) is 3.78. The highest BCUT2D eigenvalue weighted by Gasteiger charge is 2.39. The van der Waals surface area contributed by atoms with E-state index in [4.69, 9.17) is 0 Å². The third-order valence-corrected chi connectivity index (χ3v) is 3.78. The van der Waals surface area contributed by atoms with Crippen LogP contribution in [0, 0.1) is 17.8 Å². The first kappa shape index (κ1) is 9.75. The van der Waals surface area contributed by atoms with Crippen molar-refractivity contribution in [2.45, 2.75) is 32.1 Å². The molecule has 2 saturated carbocycles. The Balaban J connectivity index is 1.75. The molecule has 0 aromatic heterocycles. The molecule has 2 rings (SSSR count). The van der Waals surface area contributed by atoms with Crippen LogP contribution in [0.1, 0.15) is 32.1 Å². The van der Waals surface area contributed by atoms with Crippen LogP contribution in [0.5, 0.6) is 0 Å². The molecule has 0 aromatic carbocycles. The van der Waals surface area contributed by atoms with Crippen LogP contribution in [0.25, 0.3) is 0 Å². The molecule has 0 aliphatic heterocycles. The summed E-state index contributed by atoms with van der Waals surface area (Å²) in [7, 11) is 0. The number of carbonyl (C=O) groups is 1. The molecule has 3 unspecified atom stereocenters. The predicted octanol–water partition coefficient (Wildman–Crippen LogP) is 2.11. The maximum atomic E-state index is 11.5. The van der Waals surface area contributed by atoms with E-state index in [1.807, 2.05) is 0 Å². The fourth-order valence-electron chi connectivity index (χ4n) is 3.12. The summed E-state index contributed by atoms with van der Waals surface area (Å²) in [4.78, 5) is 11.5. The lowest BCUT2D eigenvalue weighted by atomic mass is 9.86. The van der Waals surface area contributed by atoms with E-state index in [1.165, 1.54) is 25.7 Å². The molecular weight excluding hydrogens is 174 g/mol. The number of rotatable bonds is 4. The number of hydrogen-bond donors (Lipinski definition) is 1. The molecule has 1 amide bonds. The van der Waals surface area contributed by atoms with Gasteiger partial charge in [-0.3, -0.25) is 4.79 Å². The summed E-state index contributed by atoms with van der Waals surface area (Å²) in [5, 5.41) is 2.86. The quantitative estimate of drug-likeness (QED) is 0.681. The van der Waals surface area contributed by atoms with Crippen molar-refractivity contribution in [1.29, 1.82) is 0 Å². The minimum absolute atomic E-state index is 0.211. The molecule has 78 valence electrons. The minimum atomic E-state index is 0.211. The summed E-state index contributed by atoms with van der Waals surface area (Å²) in [5.74, 6) is 2.69. The van der Waals surface area contributed by atoms with Crippen molar-refractivity contribution >= 4 is 5.91 Å². The van der Waals surface area contributed by atoms with Gasteiger partial charge >= 0.3 is 0 Å². The van der Waals surface area contributed by atoms with Crippen molar-refractivity contribution in [3.05, 3.63) is 12.7 Å². The van der Waals surface area contributed by atoms with Crippen molar-refractivity contribution in [1.82, 2.24) is 5.32 Å². The number of fused-ring (bicyclic) bond motifs is 2. The van der Waals surface area contributed by atoms with Crippen LogP contribution in [0.15, 0.2) is 12.7 Å². The summed E-state index contributed by atoms with van der Waals surface area (Å²) >= 11 is 0. The highest BCUT2D eigenvalue weighted by Crippen LogP contribution is 2.49. The lowest BCUT2D eigenvalue weighted by molar-refractivity contribution is -0.122. The zero-order valence-electron chi connectivity index (χ0n) is 8.67. The van der Waals surface area contributed by atoms with E-state index >= 15 is 0 Å². The molecule has 2 aliphatic carbocycles. The summed E-state index contributed by atoms with van der Waals surface area (Å²) < 4.78 is 0. The molecule has 0 radical (unpaired) electrons.